The van der Waals surface area contributed by atoms with Gasteiger partial charge in [-0.2, -0.15) is 5.10 Å². The maximum absolute atomic E-state index is 13.5. The number of carbonyl (C=O) groups is 2. The number of H-pyrrole nitrogens is 1. The Kier molecular flexibility index (Phi) is 5.89. The largest absolute Gasteiger partial charge is 0.464 e. The molecule has 0 spiro atoms. The summed E-state index contributed by atoms with van der Waals surface area (Å²) in [5.74, 6) is 0.488. The topological polar surface area (TPSA) is 118 Å². The predicted octanol–water partition coefficient (Wildman–Crippen LogP) is 3.28. The lowest BCUT2D eigenvalue weighted by Crippen LogP contribution is -2.37. The number of carbonyl (C=O) groups excluding carboxylic acids is 2. The number of hydrogen-bond donors (Lipinski definition) is 2. The van der Waals surface area contributed by atoms with Crippen molar-refractivity contribution in [2.75, 3.05) is 23.4 Å². The molecule has 4 heterocycles. The number of halogens is 1. The predicted molar refractivity (Wildman–Crippen MR) is 127 cm³/mol. The molecule has 4 aromatic rings. The van der Waals surface area contributed by atoms with Gasteiger partial charge in [0, 0.05) is 25.9 Å². The van der Waals surface area contributed by atoms with E-state index in [-0.39, 0.29) is 23.7 Å². The van der Waals surface area contributed by atoms with Crippen LogP contribution < -0.4 is 10.2 Å². The van der Waals surface area contributed by atoms with Gasteiger partial charge in [0.2, 0.25) is 0 Å². The number of rotatable bonds is 6. The third kappa shape index (κ3) is 4.44. The first-order chi connectivity index (χ1) is 16.9. The molecule has 35 heavy (non-hydrogen) atoms. The summed E-state index contributed by atoms with van der Waals surface area (Å²) in [6, 6.07) is 9.03. The van der Waals surface area contributed by atoms with Gasteiger partial charge in [0.05, 0.1) is 23.2 Å². The van der Waals surface area contributed by atoms with E-state index in [0.717, 1.165) is 6.42 Å². The summed E-state index contributed by atoms with van der Waals surface area (Å²) in [5.41, 5.74) is 2.18. The first-order valence-electron chi connectivity index (χ1n) is 11.3. The average Bonchev–Trinajstić information content (AvgIpc) is 3.57. The SMILES string of the molecule is CCOC(=O)[C@H]1CCCN1c1ccc(C(=O)Nc2cc(-c3nc4ccc(F)cc4[nH]3)n(C)n2)cn1. The number of ether oxygens (including phenoxy) is 1. The lowest BCUT2D eigenvalue weighted by atomic mass is 10.2. The number of aryl methyl sites for hydroxylation is 1. The number of pyridine rings is 1. The van der Waals surface area contributed by atoms with Crippen molar-refractivity contribution < 1.29 is 18.7 Å². The molecule has 10 nitrogen and oxygen atoms in total. The summed E-state index contributed by atoms with van der Waals surface area (Å²) in [6.07, 6.45) is 3.06. The number of nitrogens with one attached hydrogen (secondary N) is 2. The van der Waals surface area contributed by atoms with Gasteiger partial charge in [-0.15, -0.1) is 0 Å². The van der Waals surface area contributed by atoms with E-state index in [1.165, 1.54) is 18.3 Å². The van der Waals surface area contributed by atoms with Crippen LogP contribution in [-0.4, -0.2) is 55.8 Å². The van der Waals surface area contributed by atoms with Crippen molar-refractivity contribution in [3.05, 3.63) is 54.0 Å². The Labute approximate surface area is 200 Å². The van der Waals surface area contributed by atoms with Crippen LogP contribution in [0.4, 0.5) is 16.0 Å². The first-order valence-corrected chi connectivity index (χ1v) is 11.3. The van der Waals surface area contributed by atoms with Crippen LogP contribution in [0.3, 0.4) is 0 Å². The number of hydrogen-bond acceptors (Lipinski definition) is 7. The van der Waals surface area contributed by atoms with Gasteiger partial charge >= 0.3 is 5.97 Å². The summed E-state index contributed by atoms with van der Waals surface area (Å²) in [4.78, 5) is 38.9. The van der Waals surface area contributed by atoms with Crippen molar-refractivity contribution in [1.82, 2.24) is 24.7 Å². The number of benzene rings is 1. The van der Waals surface area contributed by atoms with Crippen LogP contribution in [0.1, 0.15) is 30.1 Å². The molecule has 1 aromatic carbocycles. The molecule has 0 unspecified atom stereocenters. The van der Waals surface area contributed by atoms with E-state index in [1.807, 2.05) is 4.90 Å². The monoisotopic (exact) mass is 477 g/mol. The Bertz CT molecular complexity index is 1400. The fourth-order valence-electron chi connectivity index (χ4n) is 4.26. The van der Waals surface area contributed by atoms with E-state index in [4.69, 9.17) is 4.74 Å². The summed E-state index contributed by atoms with van der Waals surface area (Å²) in [7, 11) is 1.73. The Morgan fingerprint density at radius 1 is 1.26 bits per heavy atom. The fourth-order valence-corrected chi connectivity index (χ4v) is 4.26. The summed E-state index contributed by atoms with van der Waals surface area (Å²) in [6.45, 7) is 2.82. The minimum atomic E-state index is -0.372. The van der Waals surface area contributed by atoms with Crippen molar-refractivity contribution in [2.24, 2.45) is 7.05 Å². The molecule has 2 N–H and O–H groups in total. The zero-order valence-electron chi connectivity index (χ0n) is 19.3. The normalized spacial score (nSPS) is 15.5. The number of anilines is 2. The highest BCUT2D eigenvalue weighted by atomic mass is 19.1. The maximum atomic E-state index is 13.5. The smallest absolute Gasteiger partial charge is 0.328 e. The molecular formula is C24H24FN7O3. The molecule has 180 valence electrons. The zero-order valence-corrected chi connectivity index (χ0v) is 19.3. The van der Waals surface area contributed by atoms with Crippen LogP contribution >= 0.6 is 0 Å². The number of amides is 1. The average molecular weight is 478 g/mol. The van der Waals surface area contributed by atoms with E-state index in [1.54, 1.807) is 42.9 Å². The van der Waals surface area contributed by atoms with Gasteiger partial charge in [-0.05, 0) is 50.1 Å². The molecular weight excluding hydrogens is 453 g/mol. The number of fused-ring (bicyclic) bond motifs is 1. The number of esters is 1. The van der Waals surface area contributed by atoms with Crippen LogP contribution in [-0.2, 0) is 16.6 Å². The maximum Gasteiger partial charge on any atom is 0.328 e. The summed E-state index contributed by atoms with van der Waals surface area (Å²) in [5, 5.41) is 7.10. The molecule has 0 radical (unpaired) electrons. The lowest BCUT2D eigenvalue weighted by molar-refractivity contribution is -0.144. The Hall–Kier alpha value is -4.28. The van der Waals surface area contributed by atoms with Crippen LogP contribution in [0, 0.1) is 5.82 Å². The minimum absolute atomic E-state index is 0.255. The zero-order chi connectivity index (χ0) is 24.5. The number of aromatic nitrogens is 5. The fraction of sp³-hybridized carbons (Fsp3) is 0.292. The Balaban J connectivity index is 1.30. The van der Waals surface area contributed by atoms with Gasteiger partial charge in [0.25, 0.3) is 5.91 Å². The third-order valence-electron chi connectivity index (χ3n) is 5.92. The Morgan fingerprint density at radius 2 is 2.11 bits per heavy atom. The van der Waals surface area contributed by atoms with Crippen molar-refractivity contribution in [1.29, 1.82) is 0 Å². The van der Waals surface area contributed by atoms with Gasteiger partial charge in [-0.3, -0.25) is 9.48 Å². The summed E-state index contributed by atoms with van der Waals surface area (Å²) >= 11 is 0. The molecule has 0 aliphatic carbocycles. The van der Waals surface area contributed by atoms with E-state index in [0.29, 0.717) is 59.3 Å². The number of nitrogens with zero attached hydrogens (tertiary/aromatic N) is 5. The lowest BCUT2D eigenvalue weighted by Gasteiger charge is -2.24. The summed E-state index contributed by atoms with van der Waals surface area (Å²) < 4.78 is 20.2. The van der Waals surface area contributed by atoms with E-state index < -0.39 is 0 Å². The first kappa shape index (κ1) is 22.5. The molecule has 1 aliphatic rings. The molecule has 1 saturated heterocycles. The molecule has 11 heteroatoms. The van der Waals surface area contributed by atoms with Gasteiger partial charge in [-0.1, -0.05) is 0 Å². The molecule has 0 bridgehead atoms. The third-order valence-corrected chi connectivity index (χ3v) is 5.92. The molecule has 1 fully saturated rings. The van der Waals surface area contributed by atoms with Crippen LogP contribution in [0.15, 0.2) is 42.6 Å². The van der Waals surface area contributed by atoms with Crippen LogP contribution in [0.5, 0.6) is 0 Å². The van der Waals surface area contributed by atoms with E-state index in [9.17, 15) is 14.0 Å². The van der Waals surface area contributed by atoms with Crippen molar-refractivity contribution in [3.8, 4) is 11.5 Å². The van der Waals surface area contributed by atoms with Gasteiger partial charge in [-0.25, -0.2) is 19.2 Å². The minimum Gasteiger partial charge on any atom is -0.464 e. The van der Waals surface area contributed by atoms with Crippen molar-refractivity contribution in [3.63, 3.8) is 0 Å². The van der Waals surface area contributed by atoms with E-state index >= 15 is 0 Å². The number of aromatic amines is 1. The van der Waals surface area contributed by atoms with Crippen molar-refractivity contribution in [2.45, 2.75) is 25.8 Å². The molecule has 1 amide bonds. The Morgan fingerprint density at radius 3 is 2.89 bits per heavy atom. The molecule has 0 saturated carbocycles. The van der Waals surface area contributed by atoms with Crippen LogP contribution in [0.25, 0.3) is 22.6 Å². The molecule has 1 atom stereocenters. The number of imidazole rings is 1. The quantitative estimate of drug-likeness (QED) is 0.409. The molecule has 3 aromatic heterocycles. The van der Waals surface area contributed by atoms with Gasteiger partial charge < -0.3 is 19.9 Å². The highest BCUT2D eigenvalue weighted by Gasteiger charge is 2.32. The molecule has 5 rings (SSSR count). The second kappa shape index (κ2) is 9.16. The van der Waals surface area contributed by atoms with Crippen molar-refractivity contribution >= 4 is 34.5 Å². The van der Waals surface area contributed by atoms with Gasteiger partial charge in [0.15, 0.2) is 11.6 Å². The highest BCUT2D eigenvalue weighted by Crippen LogP contribution is 2.26. The van der Waals surface area contributed by atoms with Gasteiger partial charge in [0.1, 0.15) is 23.4 Å². The standard InChI is InChI=1S/C24H24FN7O3/c1-3-35-24(34)18-5-4-10-32(18)21-9-6-14(13-26-21)23(33)29-20-12-19(31(2)30-20)22-27-16-8-7-15(25)11-17(16)28-22/h6-9,11-13,18H,3-5,10H2,1-2H3,(H,27,28)(H,29,30,33)/t18-/m1/s1. The second-order valence-corrected chi connectivity index (χ2v) is 8.25. The molecule has 1 aliphatic heterocycles. The highest BCUT2D eigenvalue weighted by molar-refractivity contribution is 6.03. The van der Waals surface area contributed by atoms with E-state index in [2.05, 4.69) is 25.4 Å². The van der Waals surface area contributed by atoms with Crippen LogP contribution in [0.2, 0.25) is 0 Å². The second-order valence-electron chi connectivity index (χ2n) is 8.25.